The van der Waals surface area contributed by atoms with E-state index < -0.39 is 0 Å². The smallest absolute Gasteiger partial charge is 0.248 e. The van der Waals surface area contributed by atoms with Crippen LogP contribution in [-0.4, -0.2) is 16.6 Å². The number of alkyl halides is 1. The molecule has 1 N–H and O–H groups in total. The number of halogens is 1. The number of aromatic nitrogens is 1. The van der Waals surface area contributed by atoms with Gasteiger partial charge in [-0.2, -0.15) is 0 Å². The summed E-state index contributed by atoms with van der Waals surface area (Å²) >= 11 is 5.49. The maximum absolute atomic E-state index is 11.5. The SMILES string of the molecule is O=C(CCl)c1cccc2ccc(=O)[nH]c12. The third-order valence-corrected chi connectivity index (χ3v) is 2.42. The van der Waals surface area contributed by atoms with Crippen LogP contribution in [0.25, 0.3) is 10.9 Å². The quantitative estimate of drug-likeness (QED) is 0.623. The number of hydrogen-bond donors (Lipinski definition) is 1. The number of H-pyrrole nitrogens is 1. The zero-order valence-corrected chi connectivity index (χ0v) is 8.54. The minimum atomic E-state index is -0.225. The molecule has 1 aromatic heterocycles. The highest BCUT2D eigenvalue weighted by atomic mass is 35.5. The van der Waals surface area contributed by atoms with Gasteiger partial charge in [-0.3, -0.25) is 9.59 Å². The van der Waals surface area contributed by atoms with Gasteiger partial charge in [-0.05, 0) is 17.5 Å². The van der Waals surface area contributed by atoms with Crippen molar-refractivity contribution in [3.05, 3.63) is 46.2 Å². The summed E-state index contributed by atoms with van der Waals surface area (Å²) < 4.78 is 0. The van der Waals surface area contributed by atoms with E-state index in [4.69, 9.17) is 11.6 Å². The van der Waals surface area contributed by atoms with Crippen molar-refractivity contribution in [2.24, 2.45) is 0 Å². The van der Waals surface area contributed by atoms with Gasteiger partial charge < -0.3 is 4.98 Å². The molecule has 0 bridgehead atoms. The second-order valence-electron chi connectivity index (χ2n) is 3.15. The molecule has 4 heteroatoms. The molecule has 0 aliphatic rings. The zero-order chi connectivity index (χ0) is 10.8. The van der Waals surface area contributed by atoms with Crippen LogP contribution < -0.4 is 5.56 Å². The van der Waals surface area contributed by atoms with Crippen molar-refractivity contribution >= 4 is 28.3 Å². The van der Waals surface area contributed by atoms with Crippen LogP contribution in [-0.2, 0) is 0 Å². The summed E-state index contributed by atoms with van der Waals surface area (Å²) in [5.41, 5.74) is 0.785. The number of Topliss-reactive ketones (excluding diaryl/α,β-unsaturated/α-hetero) is 1. The first-order valence-electron chi connectivity index (χ1n) is 4.43. The van der Waals surface area contributed by atoms with E-state index in [1.54, 1.807) is 18.2 Å². The zero-order valence-electron chi connectivity index (χ0n) is 7.79. The van der Waals surface area contributed by atoms with Crippen LogP contribution in [0, 0.1) is 0 Å². The molecule has 76 valence electrons. The molecule has 1 aromatic carbocycles. The molecular weight excluding hydrogens is 214 g/mol. The second-order valence-corrected chi connectivity index (χ2v) is 3.42. The van der Waals surface area contributed by atoms with Crippen molar-refractivity contribution in [2.45, 2.75) is 0 Å². The van der Waals surface area contributed by atoms with Crippen LogP contribution >= 0.6 is 11.6 Å². The topological polar surface area (TPSA) is 49.9 Å². The predicted molar refractivity (Wildman–Crippen MR) is 59.6 cm³/mol. The first-order valence-corrected chi connectivity index (χ1v) is 4.97. The Balaban J connectivity index is 2.79. The molecule has 3 nitrogen and oxygen atoms in total. The summed E-state index contributed by atoms with van der Waals surface area (Å²) in [7, 11) is 0. The third-order valence-electron chi connectivity index (χ3n) is 2.18. The fourth-order valence-electron chi connectivity index (χ4n) is 1.48. The van der Waals surface area contributed by atoms with Crippen LogP contribution in [0.4, 0.5) is 0 Å². The molecule has 0 saturated heterocycles. The summed E-state index contributed by atoms with van der Waals surface area (Å²) in [6.45, 7) is 0. The summed E-state index contributed by atoms with van der Waals surface area (Å²) in [4.78, 5) is 25.3. The molecule has 2 aromatic rings. The minimum Gasteiger partial charge on any atom is -0.321 e. The van der Waals surface area contributed by atoms with Crippen LogP contribution in [0.3, 0.4) is 0 Å². The van der Waals surface area contributed by atoms with Crippen molar-refractivity contribution in [1.82, 2.24) is 4.98 Å². The minimum absolute atomic E-state index is 0.0873. The van der Waals surface area contributed by atoms with Crippen molar-refractivity contribution in [3.8, 4) is 0 Å². The van der Waals surface area contributed by atoms with Gasteiger partial charge in [0.1, 0.15) is 0 Å². The Morgan fingerprint density at radius 2 is 2.07 bits per heavy atom. The van der Waals surface area contributed by atoms with E-state index in [1.807, 2.05) is 6.07 Å². The number of hydrogen-bond acceptors (Lipinski definition) is 2. The maximum Gasteiger partial charge on any atom is 0.248 e. The van der Waals surface area contributed by atoms with E-state index >= 15 is 0 Å². The molecular formula is C11H8ClNO2. The van der Waals surface area contributed by atoms with E-state index in [0.29, 0.717) is 11.1 Å². The van der Waals surface area contributed by atoms with E-state index in [0.717, 1.165) is 5.39 Å². The van der Waals surface area contributed by atoms with Crippen LogP contribution in [0.1, 0.15) is 10.4 Å². The molecule has 0 spiro atoms. The Bertz CT molecular complexity index is 574. The summed E-state index contributed by atoms with van der Waals surface area (Å²) in [5, 5.41) is 0.825. The van der Waals surface area contributed by atoms with Crippen molar-refractivity contribution in [1.29, 1.82) is 0 Å². The molecule has 0 fully saturated rings. The number of ketones is 1. The monoisotopic (exact) mass is 221 g/mol. The molecule has 0 amide bonds. The summed E-state index contributed by atoms with van der Waals surface area (Å²) in [6, 6.07) is 8.36. The highest BCUT2D eigenvalue weighted by Gasteiger charge is 2.08. The molecule has 15 heavy (non-hydrogen) atoms. The number of para-hydroxylation sites is 1. The Hall–Kier alpha value is -1.61. The van der Waals surface area contributed by atoms with Crippen molar-refractivity contribution < 1.29 is 4.79 Å². The molecule has 0 saturated carbocycles. The lowest BCUT2D eigenvalue weighted by atomic mass is 10.1. The number of fused-ring (bicyclic) bond motifs is 1. The Morgan fingerprint density at radius 3 is 2.80 bits per heavy atom. The van der Waals surface area contributed by atoms with Gasteiger partial charge in [-0.1, -0.05) is 12.1 Å². The van der Waals surface area contributed by atoms with Gasteiger partial charge >= 0.3 is 0 Å². The van der Waals surface area contributed by atoms with Gasteiger partial charge in [-0.15, -0.1) is 11.6 Å². The highest BCUT2D eigenvalue weighted by molar-refractivity contribution is 6.31. The number of aromatic amines is 1. The fraction of sp³-hybridized carbons (Fsp3) is 0.0909. The van der Waals surface area contributed by atoms with E-state index in [9.17, 15) is 9.59 Å². The van der Waals surface area contributed by atoms with Crippen molar-refractivity contribution in [2.75, 3.05) is 5.88 Å². The number of nitrogens with one attached hydrogen (secondary N) is 1. The predicted octanol–water partition coefficient (Wildman–Crippen LogP) is 1.95. The van der Waals surface area contributed by atoms with Gasteiger partial charge in [0.2, 0.25) is 5.56 Å². The van der Waals surface area contributed by atoms with Crippen molar-refractivity contribution in [3.63, 3.8) is 0 Å². The second kappa shape index (κ2) is 3.87. The van der Waals surface area contributed by atoms with Gasteiger partial charge in [0.25, 0.3) is 0 Å². The Kier molecular flexibility index (Phi) is 2.56. The molecule has 0 atom stereocenters. The Labute approximate surface area is 90.7 Å². The number of pyridine rings is 1. The lowest BCUT2D eigenvalue weighted by molar-refractivity contribution is 0.102. The first kappa shape index (κ1) is 9.93. The van der Waals surface area contributed by atoms with Crippen LogP contribution in [0.2, 0.25) is 0 Å². The lowest BCUT2D eigenvalue weighted by Crippen LogP contribution is -2.08. The molecule has 0 unspecified atom stereocenters. The number of carbonyl (C=O) groups is 1. The largest absolute Gasteiger partial charge is 0.321 e. The molecule has 1 heterocycles. The van der Waals surface area contributed by atoms with Crippen LogP contribution in [0.5, 0.6) is 0 Å². The third kappa shape index (κ3) is 1.78. The molecule has 0 aliphatic heterocycles. The number of carbonyl (C=O) groups excluding carboxylic acids is 1. The van der Waals surface area contributed by atoms with Gasteiger partial charge in [0.05, 0.1) is 11.4 Å². The van der Waals surface area contributed by atoms with Gasteiger partial charge in [0, 0.05) is 11.6 Å². The van der Waals surface area contributed by atoms with E-state index in [1.165, 1.54) is 6.07 Å². The van der Waals surface area contributed by atoms with Gasteiger partial charge in [0.15, 0.2) is 5.78 Å². The number of rotatable bonds is 2. The maximum atomic E-state index is 11.5. The van der Waals surface area contributed by atoms with Crippen LogP contribution in [0.15, 0.2) is 35.1 Å². The van der Waals surface area contributed by atoms with Gasteiger partial charge in [-0.25, -0.2) is 0 Å². The summed E-state index contributed by atoms with van der Waals surface area (Å²) in [6.07, 6.45) is 0. The number of benzene rings is 1. The standard InChI is InChI=1S/C11H8ClNO2/c12-6-9(14)8-3-1-2-7-4-5-10(15)13-11(7)8/h1-5H,6H2,(H,13,15). The van der Waals surface area contributed by atoms with E-state index in [-0.39, 0.29) is 17.2 Å². The highest BCUT2D eigenvalue weighted by Crippen LogP contribution is 2.15. The normalized spacial score (nSPS) is 10.5. The van der Waals surface area contributed by atoms with E-state index in [2.05, 4.69) is 4.98 Å². The molecule has 0 radical (unpaired) electrons. The Morgan fingerprint density at radius 1 is 1.27 bits per heavy atom. The molecule has 0 aliphatic carbocycles. The summed E-state index contributed by atoms with van der Waals surface area (Å²) in [5.74, 6) is -0.278. The first-order chi connectivity index (χ1) is 7.22. The average Bonchev–Trinajstić information content (AvgIpc) is 2.27. The average molecular weight is 222 g/mol. The lowest BCUT2D eigenvalue weighted by Gasteiger charge is -2.02. The molecule has 2 rings (SSSR count). The fourth-order valence-corrected chi connectivity index (χ4v) is 1.63.